The largest absolute Gasteiger partial charge is 0.324 e. The standard InChI is InChI=1S/C21H26N2OS/c1-3-15-6-4-5-14(2)20(15)22-19(24)13-23-11-9-18-17(10-12-25-18)21(23)16-7-8-16/h4-6,10,12,16,21H,3,7-9,11,13H2,1-2H3,(H,22,24)/t21-/m1/s1. The molecule has 1 saturated carbocycles. The summed E-state index contributed by atoms with van der Waals surface area (Å²) in [6.45, 7) is 5.70. The number of para-hydroxylation sites is 1. The highest BCUT2D eigenvalue weighted by Gasteiger charge is 2.40. The molecule has 2 aliphatic rings. The number of amides is 1. The van der Waals surface area contributed by atoms with E-state index in [0.717, 1.165) is 36.6 Å². The second-order valence-corrected chi connectivity index (χ2v) is 8.31. The molecule has 4 rings (SSSR count). The number of anilines is 1. The minimum atomic E-state index is 0.119. The molecule has 0 bridgehead atoms. The van der Waals surface area contributed by atoms with Crippen LogP contribution < -0.4 is 5.32 Å². The molecule has 1 aromatic carbocycles. The number of nitrogens with one attached hydrogen (secondary N) is 1. The molecule has 25 heavy (non-hydrogen) atoms. The number of aryl methyl sites for hydroxylation is 2. The summed E-state index contributed by atoms with van der Waals surface area (Å²) in [7, 11) is 0. The van der Waals surface area contributed by atoms with Crippen LogP contribution in [0.3, 0.4) is 0 Å². The van der Waals surface area contributed by atoms with Crippen molar-refractivity contribution >= 4 is 22.9 Å². The number of fused-ring (bicyclic) bond motifs is 1. The third-order valence-corrected chi connectivity index (χ3v) is 6.53. The molecule has 1 amide bonds. The number of thiophene rings is 1. The number of carbonyl (C=O) groups is 1. The molecule has 2 heterocycles. The maximum atomic E-state index is 12.8. The van der Waals surface area contributed by atoms with Gasteiger partial charge in [0, 0.05) is 23.2 Å². The molecule has 0 spiro atoms. The highest BCUT2D eigenvalue weighted by molar-refractivity contribution is 7.10. The molecule has 1 atom stereocenters. The van der Waals surface area contributed by atoms with E-state index in [0.29, 0.717) is 12.6 Å². The van der Waals surface area contributed by atoms with Gasteiger partial charge in [-0.3, -0.25) is 9.69 Å². The Bertz CT molecular complexity index is 778. The molecule has 1 aromatic heterocycles. The highest BCUT2D eigenvalue weighted by Crippen LogP contribution is 2.48. The summed E-state index contributed by atoms with van der Waals surface area (Å²) in [6, 6.07) is 8.97. The smallest absolute Gasteiger partial charge is 0.238 e. The first-order valence-corrected chi connectivity index (χ1v) is 10.2. The van der Waals surface area contributed by atoms with Crippen LogP contribution in [0.15, 0.2) is 29.6 Å². The molecule has 1 aliphatic heterocycles. The third-order valence-electron chi connectivity index (χ3n) is 5.54. The van der Waals surface area contributed by atoms with Crippen molar-refractivity contribution in [3.63, 3.8) is 0 Å². The first-order valence-electron chi connectivity index (χ1n) is 9.36. The minimum absolute atomic E-state index is 0.119. The van der Waals surface area contributed by atoms with Crippen LogP contribution in [0.2, 0.25) is 0 Å². The first kappa shape index (κ1) is 16.8. The zero-order valence-corrected chi connectivity index (χ0v) is 15.9. The summed E-state index contributed by atoms with van der Waals surface area (Å²) in [6.07, 6.45) is 4.61. The van der Waals surface area contributed by atoms with E-state index in [2.05, 4.69) is 53.7 Å². The van der Waals surface area contributed by atoms with Crippen molar-refractivity contribution in [3.05, 3.63) is 51.2 Å². The number of nitrogens with zero attached hydrogens (tertiary/aromatic N) is 1. The molecule has 1 aliphatic carbocycles. The monoisotopic (exact) mass is 354 g/mol. The lowest BCUT2D eigenvalue weighted by atomic mass is 9.96. The quantitative estimate of drug-likeness (QED) is 0.853. The van der Waals surface area contributed by atoms with Crippen LogP contribution in [0.4, 0.5) is 5.69 Å². The number of benzene rings is 1. The average Bonchev–Trinajstić information content (AvgIpc) is 3.32. The fourth-order valence-electron chi connectivity index (χ4n) is 4.11. The molecular formula is C21H26N2OS. The Morgan fingerprint density at radius 1 is 1.32 bits per heavy atom. The number of rotatable bonds is 5. The average molecular weight is 355 g/mol. The van der Waals surface area contributed by atoms with Gasteiger partial charge in [-0.15, -0.1) is 11.3 Å². The van der Waals surface area contributed by atoms with Crippen LogP contribution in [0, 0.1) is 12.8 Å². The van der Waals surface area contributed by atoms with Gasteiger partial charge in [0.25, 0.3) is 0 Å². The normalized spacial score (nSPS) is 20.3. The van der Waals surface area contributed by atoms with E-state index >= 15 is 0 Å². The Balaban J connectivity index is 1.50. The molecular weight excluding hydrogens is 328 g/mol. The minimum Gasteiger partial charge on any atom is -0.324 e. The molecule has 132 valence electrons. The van der Waals surface area contributed by atoms with E-state index in [1.807, 2.05) is 11.3 Å². The van der Waals surface area contributed by atoms with Crippen molar-refractivity contribution in [1.82, 2.24) is 4.90 Å². The van der Waals surface area contributed by atoms with Crippen molar-refractivity contribution in [1.29, 1.82) is 0 Å². The van der Waals surface area contributed by atoms with Crippen molar-refractivity contribution in [2.45, 2.75) is 45.6 Å². The molecule has 0 radical (unpaired) electrons. The van der Waals surface area contributed by atoms with Gasteiger partial charge in [-0.05, 0) is 66.7 Å². The van der Waals surface area contributed by atoms with Crippen LogP contribution >= 0.6 is 11.3 Å². The Hall–Kier alpha value is -1.65. The van der Waals surface area contributed by atoms with Gasteiger partial charge in [-0.2, -0.15) is 0 Å². The summed E-state index contributed by atoms with van der Waals surface area (Å²) >= 11 is 1.88. The fraction of sp³-hybridized carbons (Fsp3) is 0.476. The Kier molecular flexibility index (Phi) is 4.65. The number of carbonyl (C=O) groups excluding carboxylic acids is 1. The second-order valence-electron chi connectivity index (χ2n) is 7.31. The van der Waals surface area contributed by atoms with E-state index in [9.17, 15) is 4.79 Å². The summed E-state index contributed by atoms with van der Waals surface area (Å²) in [5.74, 6) is 0.861. The maximum absolute atomic E-state index is 12.8. The topological polar surface area (TPSA) is 32.3 Å². The molecule has 0 unspecified atom stereocenters. The summed E-state index contributed by atoms with van der Waals surface area (Å²) in [5.41, 5.74) is 4.85. The number of hydrogen-bond acceptors (Lipinski definition) is 3. The van der Waals surface area contributed by atoms with Crippen LogP contribution in [0.5, 0.6) is 0 Å². The first-order chi connectivity index (χ1) is 12.2. The Morgan fingerprint density at radius 3 is 2.92 bits per heavy atom. The van der Waals surface area contributed by atoms with Gasteiger partial charge in [0.1, 0.15) is 0 Å². The van der Waals surface area contributed by atoms with Gasteiger partial charge in [-0.1, -0.05) is 25.1 Å². The van der Waals surface area contributed by atoms with Gasteiger partial charge in [0.05, 0.1) is 6.54 Å². The lowest BCUT2D eigenvalue weighted by molar-refractivity contribution is -0.118. The zero-order chi connectivity index (χ0) is 17.4. The van der Waals surface area contributed by atoms with Crippen molar-refractivity contribution in [2.24, 2.45) is 5.92 Å². The summed E-state index contributed by atoms with van der Waals surface area (Å²) < 4.78 is 0. The molecule has 4 heteroatoms. The fourth-order valence-corrected chi connectivity index (χ4v) is 5.02. The Morgan fingerprint density at radius 2 is 2.16 bits per heavy atom. The lowest BCUT2D eigenvalue weighted by Crippen LogP contribution is -2.41. The SMILES string of the molecule is CCc1cccc(C)c1NC(=O)CN1CCc2sccc2[C@H]1C1CC1. The predicted octanol–water partition coefficient (Wildman–Crippen LogP) is 4.57. The maximum Gasteiger partial charge on any atom is 0.238 e. The molecule has 3 nitrogen and oxygen atoms in total. The van der Waals surface area contributed by atoms with Crippen LogP contribution in [-0.4, -0.2) is 23.9 Å². The third kappa shape index (κ3) is 3.38. The zero-order valence-electron chi connectivity index (χ0n) is 15.0. The molecule has 2 aromatic rings. The summed E-state index contributed by atoms with van der Waals surface area (Å²) in [4.78, 5) is 16.7. The van der Waals surface area contributed by atoms with Crippen LogP contribution in [0.25, 0.3) is 0 Å². The van der Waals surface area contributed by atoms with Gasteiger partial charge < -0.3 is 5.32 Å². The van der Waals surface area contributed by atoms with Crippen LogP contribution in [0.1, 0.15) is 47.4 Å². The second kappa shape index (κ2) is 6.93. The Labute approximate surface area is 154 Å². The van der Waals surface area contributed by atoms with E-state index < -0.39 is 0 Å². The molecule has 0 saturated heterocycles. The van der Waals surface area contributed by atoms with Crippen LogP contribution in [-0.2, 0) is 17.6 Å². The van der Waals surface area contributed by atoms with Gasteiger partial charge in [0.2, 0.25) is 5.91 Å². The van der Waals surface area contributed by atoms with Gasteiger partial charge >= 0.3 is 0 Å². The van der Waals surface area contributed by atoms with Crippen molar-refractivity contribution in [2.75, 3.05) is 18.4 Å². The van der Waals surface area contributed by atoms with Gasteiger partial charge in [0.15, 0.2) is 0 Å². The van der Waals surface area contributed by atoms with Gasteiger partial charge in [-0.25, -0.2) is 0 Å². The van der Waals surface area contributed by atoms with E-state index in [1.54, 1.807) is 0 Å². The van der Waals surface area contributed by atoms with Crippen molar-refractivity contribution in [3.8, 4) is 0 Å². The van der Waals surface area contributed by atoms with E-state index in [1.165, 1.54) is 28.8 Å². The molecule has 1 N–H and O–H groups in total. The van der Waals surface area contributed by atoms with Crippen molar-refractivity contribution < 1.29 is 4.79 Å². The number of hydrogen-bond donors (Lipinski definition) is 1. The lowest BCUT2D eigenvalue weighted by Gasteiger charge is -2.35. The van der Waals surface area contributed by atoms with E-state index in [-0.39, 0.29) is 5.91 Å². The summed E-state index contributed by atoms with van der Waals surface area (Å²) in [5, 5.41) is 5.41. The van der Waals surface area contributed by atoms with E-state index in [4.69, 9.17) is 0 Å². The highest BCUT2D eigenvalue weighted by atomic mass is 32.1. The predicted molar refractivity (Wildman–Crippen MR) is 104 cm³/mol. The molecule has 1 fully saturated rings.